The third-order valence-electron chi connectivity index (χ3n) is 28.5. The van der Waals surface area contributed by atoms with E-state index in [1.54, 1.807) is 0 Å². The fraction of sp³-hybridized carbons (Fsp3) is 0.0606. The molecule has 0 radical (unpaired) electrons. The first kappa shape index (κ1) is 84.1. The lowest BCUT2D eigenvalue weighted by Crippen LogP contribution is -2.12. The molecule has 0 spiro atoms. The van der Waals surface area contributed by atoms with Crippen molar-refractivity contribution < 1.29 is 17.7 Å². The lowest BCUT2D eigenvalue weighted by molar-refractivity contribution is 0.662. The second-order valence-electron chi connectivity index (χ2n) is 37.5. The molecule has 4 heterocycles. The maximum absolute atomic E-state index is 6.96. The van der Waals surface area contributed by atoms with Gasteiger partial charge in [-0.1, -0.05) is 272 Å². The number of aryl methyl sites for hydroxylation is 8. The average molecular weight is 1800 g/mol. The number of fused-ring (bicyclic) bond motifs is 18. The number of nitrogens with zero attached hydrogens (tertiary/aromatic N) is 4. The van der Waals surface area contributed by atoms with Crippen molar-refractivity contribution >= 4 is 199 Å². The number of hydrogen-bond acceptors (Lipinski definition) is 8. The van der Waals surface area contributed by atoms with Crippen LogP contribution in [-0.4, -0.2) is 0 Å². The van der Waals surface area contributed by atoms with E-state index in [1.807, 2.05) is 0 Å². The average Bonchev–Trinajstić information content (AvgIpc) is 1.57. The topological polar surface area (TPSA) is 65.5 Å². The van der Waals surface area contributed by atoms with E-state index in [4.69, 9.17) is 17.7 Å². The van der Waals surface area contributed by atoms with Gasteiger partial charge in [0.1, 0.15) is 44.7 Å². The molecule has 0 saturated carbocycles. The van der Waals surface area contributed by atoms with E-state index in [2.05, 4.69) is 512 Å². The van der Waals surface area contributed by atoms with Crippen LogP contribution in [0.2, 0.25) is 0 Å². The van der Waals surface area contributed by atoms with Gasteiger partial charge in [0.2, 0.25) is 0 Å². The van der Waals surface area contributed by atoms with Crippen molar-refractivity contribution in [3.05, 3.63) is 481 Å². The monoisotopic (exact) mass is 1800 g/mol. The number of anilines is 12. The Labute approximate surface area is 811 Å². The predicted molar refractivity (Wildman–Crippen MR) is 590 cm³/mol. The minimum absolute atomic E-state index is 0.805. The molecule has 22 aromatic carbocycles. The first-order valence-corrected chi connectivity index (χ1v) is 48.1. The molecule has 4 aromatic heterocycles. The maximum atomic E-state index is 6.96. The molecule has 140 heavy (non-hydrogen) atoms. The van der Waals surface area contributed by atoms with Crippen LogP contribution in [0, 0.1) is 55.4 Å². The van der Waals surface area contributed by atoms with Crippen molar-refractivity contribution in [1.29, 1.82) is 0 Å². The summed E-state index contributed by atoms with van der Waals surface area (Å²) in [4.78, 5) is 9.57. The van der Waals surface area contributed by atoms with Gasteiger partial charge in [-0.2, -0.15) is 0 Å². The van der Waals surface area contributed by atoms with E-state index in [9.17, 15) is 0 Å². The quantitative estimate of drug-likeness (QED) is 0.0948. The molecule has 8 nitrogen and oxygen atoms in total. The van der Waals surface area contributed by atoms with Crippen molar-refractivity contribution in [2.24, 2.45) is 0 Å². The summed E-state index contributed by atoms with van der Waals surface area (Å²) in [5.41, 5.74) is 39.3. The highest BCUT2D eigenvalue weighted by molar-refractivity contribution is 6.26. The number of furan rings is 4. The highest BCUT2D eigenvalue weighted by Gasteiger charge is 2.28. The van der Waals surface area contributed by atoms with E-state index >= 15 is 0 Å². The Balaban J connectivity index is 0.000000148. The number of hydrogen-bond donors (Lipinski definition) is 0. The molecule has 0 aliphatic carbocycles. The summed E-state index contributed by atoms with van der Waals surface area (Å²) in [6.07, 6.45) is 0. The number of benzene rings is 22. The first-order valence-electron chi connectivity index (χ1n) is 48.1. The molecule has 26 aromatic rings. The minimum atomic E-state index is 0.805. The Morgan fingerprint density at radius 3 is 0.893 bits per heavy atom. The van der Waals surface area contributed by atoms with Gasteiger partial charge in [-0.05, 0) is 346 Å². The van der Waals surface area contributed by atoms with Gasteiger partial charge in [-0.3, -0.25) is 0 Å². The summed E-state index contributed by atoms with van der Waals surface area (Å²) in [6.45, 7) is 17.5. The smallest absolute Gasteiger partial charge is 0.147 e. The van der Waals surface area contributed by atoms with Crippen molar-refractivity contribution in [3.8, 4) is 44.5 Å². The van der Waals surface area contributed by atoms with Gasteiger partial charge < -0.3 is 37.3 Å². The highest BCUT2D eigenvalue weighted by atomic mass is 16.4. The van der Waals surface area contributed by atoms with Crippen molar-refractivity contribution in [1.82, 2.24) is 0 Å². The van der Waals surface area contributed by atoms with E-state index in [1.165, 1.54) is 100 Å². The Hall–Kier alpha value is -17.7. The zero-order valence-electron chi connectivity index (χ0n) is 79.0. The van der Waals surface area contributed by atoms with Crippen LogP contribution in [-0.2, 0) is 0 Å². The molecular weight excluding hydrogens is 1710 g/mol. The SMILES string of the molecule is Cc1ccc(-c2ccccc2N(c2ccc3cc4c(cc3c2)oc2ccc3c5cc6ccc(N(c7ccccc7C)c7cc(-c8ccccc8)ccc7C)cc6cc5oc3c24)c2ccccc2C)cc1.Cc1cccc(C)c1N(c1ccc(-c2ccccc2)cc1)c1ccc2cc3c(cc2c1)oc1c3ccc2oc3cc4cc(N(c5ccc(-c6ccccc6)cc5)c5c(C)cccc5C)ccc4cc3c21. The van der Waals surface area contributed by atoms with Crippen LogP contribution in [0.3, 0.4) is 0 Å². The largest absolute Gasteiger partial charge is 0.456 e. The fourth-order valence-electron chi connectivity index (χ4n) is 21.4. The molecule has 0 unspecified atom stereocenters. The Kier molecular flexibility index (Phi) is 20.6. The summed E-state index contributed by atoms with van der Waals surface area (Å²) in [7, 11) is 0. The van der Waals surface area contributed by atoms with Crippen molar-refractivity contribution in [3.63, 3.8) is 0 Å². The van der Waals surface area contributed by atoms with E-state index in [-0.39, 0.29) is 0 Å². The second-order valence-corrected chi connectivity index (χ2v) is 37.5. The Morgan fingerprint density at radius 1 is 0.164 bits per heavy atom. The molecule has 668 valence electrons. The third-order valence-corrected chi connectivity index (χ3v) is 28.5. The summed E-state index contributed by atoms with van der Waals surface area (Å²) in [5, 5.41) is 17.4. The fourth-order valence-corrected chi connectivity index (χ4v) is 21.4. The normalized spacial score (nSPS) is 11.7. The molecule has 0 fully saturated rings. The summed E-state index contributed by atoms with van der Waals surface area (Å²) in [5.74, 6) is 0. The summed E-state index contributed by atoms with van der Waals surface area (Å²) >= 11 is 0. The number of para-hydroxylation sites is 5. The Morgan fingerprint density at radius 2 is 0.479 bits per heavy atom. The summed E-state index contributed by atoms with van der Waals surface area (Å²) < 4.78 is 27.3. The maximum Gasteiger partial charge on any atom is 0.147 e. The molecular formula is C132H96N4O4. The van der Waals surface area contributed by atoms with Gasteiger partial charge in [0, 0.05) is 89.1 Å². The molecule has 0 aliphatic heterocycles. The van der Waals surface area contributed by atoms with Crippen LogP contribution in [0.25, 0.3) is 175 Å². The van der Waals surface area contributed by atoms with Gasteiger partial charge in [0.15, 0.2) is 0 Å². The van der Waals surface area contributed by atoms with Gasteiger partial charge in [0.05, 0.1) is 27.8 Å². The van der Waals surface area contributed by atoms with Gasteiger partial charge in [-0.25, -0.2) is 0 Å². The van der Waals surface area contributed by atoms with Gasteiger partial charge in [0.25, 0.3) is 0 Å². The molecule has 0 saturated heterocycles. The second kappa shape index (κ2) is 34.3. The van der Waals surface area contributed by atoms with E-state index < -0.39 is 0 Å². The van der Waals surface area contributed by atoms with Crippen LogP contribution >= 0.6 is 0 Å². The lowest BCUT2D eigenvalue weighted by Gasteiger charge is -2.29. The molecule has 0 N–H and O–H groups in total. The molecule has 0 atom stereocenters. The Bertz CT molecular complexity index is 9380. The molecule has 8 heteroatoms. The zero-order valence-corrected chi connectivity index (χ0v) is 79.0. The van der Waals surface area contributed by atoms with Crippen LogP contribution in [0.1, 0.15) is 44.5 Å². The van der Waals surface area contributed by atoms with E-state index in [0.29, 0.717) is 0 Å². The summed E-state index contributed by atoms with van der Waals surface area (Å²) in [6, 6.07) is 158. The van der Waals surface area contributed by atoms with E-state index in [0.717, 1.165) is 188 Å². The van der Waals surface area contributed by atoms with Gasteiger partial charge >= 0.3 is 0 Å². The number of rotatable bonds is 16. The molecule has 0 bridgehead atoms. The first-order chi connectivity index (χ1) is 68.6. The predicted octanol–water partition coefficient (Wildman–Crippen LogP) is 38.6. The molecule has 0 amide bonds. The lowest BCUT2D eigenvalue weighted by atomic mass is 9.99. The zero-order chi connectivity index (χ0) is 94.1. The van der Waals surface area contributed by atoms with Crippen molar-refractivity contribution in [2.75, 3.05) is 19.6 Å². The van der Waals surface area contributed by atoms with Crippen LogP contribution in [0.15, 0.2) is 454 Å². The standard InChI is InChI=1S/2C66H48N2O2/c1-41-13-11-14-42(2)64(41)67(53-27-21-47(22-28-53)45-17-7-5-8-18-45)55-31-25-49-37-58-57-33-34-60-63(66(57)70-61(58)39-51(49)35-55)59-38-50-26-32-56(36-52(50)40-62(59)69-60)68(65-43(3)15-12-16-44(65)4)54-29-23-48(24-30-54)46-19-9-6-10-20-46;1-41-22-25-46(26-23-41)54-18-10-13-21-60(54)67(58-19-11-8-14-42(58)2)52-30-29-48-37-57-64(40-51(48)34-52)69-62-33-32-55-56-36-47-28-31-53(35-50(47)39-63(56)70-66(55)65(57)62)68(59-20-12-9-15-43(59)3)61-38-49(27-24-44(61)4)45-16-6-5-7-17-45/h2*5-40H,1-4H3. The van der Waals surface area contributed by atoms with Crippen LogP contribution < -0.4 is 19.6 Å². The molecule has 0 aliphatic rings. The highest BCUT2D eigenvalue weighted by Crippen LogP contribution is 2.52. The van der Waals surface area contributed by atoms with Crippen LogP contribution in [0.5, 0.6) is 0 Å². The minimum Gasteiger partial charge on any atom is -0.456 e. The van der Waals surface area contributed by atoms with Crippen LogP contribution in [0.4, 0.5) is 68.2 Å². The third kappa shape index (κ3) is 14.8. The van der Waals surface area contributed by atoms with Gasteiger partial charge in [-0.15, -0.1) is 0 Å². The van der Waals surface area contributed by atoms with Crippen molar-refractivity contribution in [2.45, 2.75) is 55.4 Å². The molecule has 26 rings (SSSR count).